The van der Waals surface area contributed by atoms with E-state index in [-0.39, 0.29) is 17.6 Å². The molecule has 3 rings (SSSR count). The van der Waals surface area contributed by atoms with Gasteiger partial charge in [0.15, 0.2) is 0 Å². The highest BCUT2D eigenvalue weighted by atomic mass is 35.5. The Hall–Kier alpha value is -1.06. The van der Waals surface area contributed by atoms with Crippen molar-refractivity contribution in [2.45, 2.75) is 44.8 Å². The number of amides is 1. The first-order valence-electron chi connectivity index (χ1n) is 7.40. The van der Waals surface area contributed by atoms with Crippen molar-refractivity contribution in [3.05, 3.63) is 34.9 Å². The molecule has 2 atom stereocenters. The second-order valence-corrected chi connectivity index (χ2v) is 6.59. The summed E-state index contributed by atoms with van der Waals surface area (Å²) in [6.07, 6.45) is 3.01. The molecule has 1 aromatic carbocycles. The van der Waals surface area contributed by atoms with Gasteiger partial charge in [0.2, 0.25) is 5.91 Å². The second kappa shape index (κ2) is 5.05. The molecule has 3 nitrogen and oxygen atoms in total. The topological polar surface area (TPSA) is 32.3 Å². The van der Waals surface area contributed by atoms with Crippen LogP contribution in [0, 0.1) is 5.92 Å². The van der Waals surface area contributed by atoms with Crippen molar-refractivity contribution in [1.82, 2.24) is 10.2 Å². The van der Waals surface area contributed by atoms with Crippen molar-refractivity contribution < 1.29 is 4.79 Å². The summed E-state index contributed by atoms with van der Waals surface area (Å²) >= 11 is 5.96. The number of rotatable bonds is 4. The van der Waals surface area contributed by atoms with Gasteiger partial charge in [-0.2, -0.15) is 0 Å². The SMILES string of the molecule is CCC(C)CN1C(=O)C2(CC2)NC1c1ccc(Cl)cc1. The molecule has 1 saturated heterocycles. The predicted molar refractivity (Wildman–Crippen MR) is 80.5 cm³/mol. The summed E-state index contributed by atoms with van der Waals surface area (Å²) < 4.78 is 0. The van der Waals surface area contributed by atoms with Crippen LogP contribution in [0.3, 0.4) is 0 Å². The number of nitrogens with one attached hydrogen (secondary N) is 1. The monoisotopic (exact) mass is 292 g/mol. The number of nitrogens with zero attached hydrogens (tertiary/aromatic N) is 1. The van der Waals surface area contributed by atoms with Gasteiger partial charge in [0.1, 0.15) is 11.7 Å². The molecule has 2 fully saturated rings. The van der Waals surface area contributed by atoms with Crippen LogP contribution < -0.4 is 5.32 Å². The zero-order valence-electron chi connectivity index (χ0n) is 12.0. The summed E-state index contributed by atoms with van der Waals surface area (Å²) in [5.74, 6) is 0.794. The zero-order valence-corrected chi connectivity index (χ0v) is 12.8. The largest absolute Gasteiger partial charge is 0.321 e. The van der Waals surface area contributed by atoms with Gasteiger partial charge in [0, 0.05) is 11.6 Å². The first kappa shape index (κ1) is 13.9. The summed E-state index contributed by atoms with van der Waals surface area (Å²) in [6.45, 7) is 5.18. The van der Waals surface area contributed by atoms with Crippen LogP contribution in [0.15, 0.2) is 24.3 Å². The Morgan fingerprint density at radius 2 is 2.05 bits per heavy atom. The number of hydrogen-bond acceptors (Lipinski definition) is 2. The normalized spacial score (nSPS) is 25.2. The fourth-order valence-electron chi connectivity index (χ4n) is 2.84. The first-order valence-corrected chi connectivity index (χ1v) is 7.78. The zero-order chi connectivity index (χ0) is 14.3. The molecule has 20 heavy (non-hydrogen) atoms. The van der Waals surface area contributed by atoms with Gasteiger partial charge >= 0.3 is 0 Å². The minimum atomic E-state index is -0.266. The van der Waals surface area contributed by atoms with Crippen molar-refractivity contribution in [2.75, 3.05) is 6.54 Å². The molecule has 0 aromatic heterocycles. The highest BCUT2D eigenvalue weighted by Crippen LogP contribution is 2.46. The number of carbonyl (C=O) groups excluding carboxylic acids is 1. The maximum absolute atomic E-state index is 12.6. The molecule has 0 radical (unpaired) electrons. The summed E-state index contributed by atoms with van der Waals surface area (Å²) in [4.78, 5) is 14.6. The maximum Gasteiger partial charge on any atom is 0.244 e. The lowest BCUT2D eigenvalue weighted by Gasteiger charge is -2.27. The van der Waals surface area contributed by atoms with Crippen LogP contribution in [0.4, 0.5) is 0 Å². The average Bonchev–Trinajstić information content (AvgIpc) is 3.18. The molecule has 1 N–H and O–H groups in total. The molecule has 1 aliphatic heterocycles. The maximum atomic E-state index is 12.6. The lowest BCUT2D eigenvalue weighted by molar-refractivity contribution is -0.131. The van der Waals surface area contributed by atoms with E-state index in [1.165, 1.54) is 0 Å². The van der Waals surface area contributed by atoms with Crippen LogP contribution in [0.25, 0.3) is 0 Å². The van der Waals surface area contributed by atoms with E-state index in [4.69, 9.17) is 11.6 Å². The molecule has 1 heterocycles. The first-order chi connectivity index (χ1) is 9.55. The third kappa shape index (κ3) is 2.33. The van der Waals surface area contributed by atoms with Gasteiger partial charge in [-0.25, -0.2) is 0 Å². The lowest BCUT2D eigenvalue weighted by Crippen LogP contribution is -2.35. The van der Waals surface area contributed by atoms with Crippen LogP contribution in [-0.2, 0) is 4.79 Å². The number of hydrogen-bond donors (Lipinski definition) is 1. The van der Waals surface area contributed by atoms with Crippen molar-refractivity contribution in [1.29, 1.82) is 0 Å². The van der Waals surface area contributed by atoms with Gasteiger partial charge in [-0.05, 0) is 36.5 Å². The van der Waals surface area contributed by atoms with Gasteiger partial charge in [0.25, 0.3) is 0 Å². The molecule has 2 aliphatic rings. The molecular formula is C16H21ClN2O. The highest BCUT2D eigenvalue weighted by molar-refractivity contribution is 6.30. The third-order valence-corrected chi connectivity index (χ3v) is 4.79. The molecule has 0 bridgehead atoms. The van der Waals surface area contributed by atoms with E-state index in [0.717, 1.165) is 36.4 Å². The van der Waals surface area contributed by atoms with Crippen LogP contribution in [0.5, 0.6) is 0 Å². The molecule has 1 amide bonds. The van der Waals surface area contributed by atoms with Gasteiger partial charge in [-0.3, -0.25) is 10.1 Å². The molecule has 1 saturated carbocycles. The molecular weight excluding hydrogens is 272 g/mol. The second-order valence-electron chi connectivity index (χ2n) is 6.15. The Morgan fingerprint density at radius 3 is 2.60 bits per heavy atom. The molecule has 1 spiro atoms. The van der Waals surface area contributed by atoms with Crippen molar-refractivity contribution in [3.8, 4) is 0 Å². The Balaban J connectivity index is 1.87. The fraction of sp³-hybridized carbons (Fsp3) is 0.562. The van der Waals surface area contributed by atoms with Crippen molar-refractivity contribution in [3.63, 3.8) is 0 Å². The van der Waals surface area contributed by atoms with E-state index < -0.39 is 0 Å². The molecule has 108 valence electrons. The quantitative estimate of drug-likeness (QED) is 0.923. The Labute approximate surface area is 125 Å². The lowest BCUT2D eigenvalue weighted by atomic mass is 10.1. The smallest absolute Gasteiger partial charge is 0.244 e. The van der Waals surface area contributed by atoms with Crippen LogP contribution in [-0.4, -0.2) is 22.9 Å². The number of halogens is 1. The van der Waals surface area contributed by atoms with Crippen molar-refractivity contribution in [2.24, 2.45) is 5.92 Å². The van der Waals surface area contributed by atoms with Crippen LogP contribution >= 0.6 is 11.6 Å². The van der Waals surface area contributed by atoms with Crippen LogP contribution in [0.2, 0.25) is 5.02 Å². The minimum absolute atomic E-state index is 0.00346. The van der Waals surface area contributed by atoms with E-state index in [0.29, 0.717) is 5.92 Å². The van der Waals surface area contributed by atoms with E-state index in [1.807, 2.05) is 29.2 Å². The minimum Gasteiger partial charge on any atom is -0.321 e. The van der Waals surface area contributed by atoms with Gasteiger partial charge in [-0.15, -0.1) is 0 Å². The van der Waals surface area contributed by atoms with E-state index in [9.17, 15) is 4.79 Å². The molecule has 1 aromatic rings. The van der Waals surface area contributed by atoms with Crippen LogP contribution in [0.1, 0.15) is 44.8 Å². The summed E-state index contributed by atoms with van der Waals surface area (Å²) in [5, 5.41) is 4.27. The van der Waals surface area contributed by atoms with E-state index in [1.54, 1.807) is 0 Å². The van der Waals surface area contributed by atoms with Gasteiger partial charge < -0.3 is 4.90 Å². The summed E-state index contributed by atoms with van der Waals surface area (Å²) in [7, 11) is 0. The Kier molecular flexibility index (Phi) is 3.51. The Morgan fingerprint density at radius 1 is 1.40 bits per heavy atom. The predicted octanol–water partition coefficient (Wildman–Crippen LogP) is 3.35. The van der Waals surface area contributed by atoms with Gasteiger partial charge in [-0.1, -0.05) is 44.0 Å². The standard InChI is InChI=1S/C16H21ClN2O/c1-3-11(2)10-19-14(12-4-6-13(17)7-5-12)18-16(8-9-16)15(19)20/h4-7,11,14,18H,3,8-10H2,1-2H3. The number of benzene rings is 1. The fourth-order valence-corrected chi connectivity index (χ4v) is 2.96. The van der Waals surface area contributed by atoms with Gasteiger partial charge in [0.05, 0.1) is 0 Å². The molecule has 1 aliphatic carbocycles. The molecule has 2 unspecified atom stereocenters. The van der Waals surface area contributed by atoms with E-state index in [2.05, 4.69) is 19.2 Å². The summed E-state index contributed by atoms with van der Waals surface area (Å²) in [6, 6.07) is 7.81. The molecule has 4 heteroatoms. The highest BCUT2D eigenvalue weighted by Gasteiger charge is 2.59. The average molecular weight is 293 g/mol. The van der Waals surface area contributed by atoms with E-state index >= 15 is 0 Å². The van der Waals surface area contributed by atoms with Crippen molar-refractivity contribution >= 4 is 17.5 Å². The third-order valence-electron chi connectivity index (χ3n) is 4.54. The summed E-state index contributed by atoms with van der Waals surface area (Å²) in [5.41, 5.74) is 0.854. The number of carbonyl (C=O) groups is 1. The Bertz CT molecular complexity index is 510.